The molecule has 0 spiro atoms. The van der Waals surface area contributed by atoms with Crippen LogP contribution in [-0.4, -0.2) is 36.5 Å². The second-order valence-corrected chi connectivity index (χ2v) is 4.85. The maximum absolute atomic E-state index is 11.6. The van der Waals surface area contributed by atoms with Crippen LogP contribution < -0.4 is 0 Å². The van der Waals surface area contributed by atoms with Gasteiger partial charge in [-0.15, -0.1) is 0 Å². The van der Waals surface area contributed by atoms with Gasteiger partial charge in [0.25, 0.3) is 0 Å². The molecule has 1 aliphatic carbocycles. The van der Waals surface area contributed by atoms with Gasteiger partial charge in [0.1, 0.15) is 5.78 Å². The maximum atomic E-state index is 11.6. The number of rotatable bonds is 3. The summed E-state index contributed by atoms with van der Waals surface area (Å²) in [6.07, 6.45) is 2.45. The summed E-state index contributed by atoms with van der Waals surface area (Å²) in [6, 6.07) is 0.164. The molecule has 0 aliphatic heterocycles. The highest BCUT2D eigenvalue weighted by molar-refractivity contribution is 5.79. The van der Waals surface area contributed by atoms with E-state index in [1.807, 2.05) is 13.8 Å². The molecule has 0 bridgehead atoms. The lowest BCUT2D eigenvalue weighted by atomic mass is 9.94. The molecule has 1 aliphatic rings. The molecule has 4 nitrogen and oxygen atoms in total. The molecular formula is C12H21NO3. The first-order valence-electron chi connectivity index (χ1n) is 5.92. The van der Waals surface area contributed by atoms with Crippen LogP contribution in [0.2, 0.25) is 0 Å². The quantitative estimate of drug-likeness (QED) is 0.742. The summed E-state index contributed by atoms with van der Waals surface area (Å²) in [4.78, 5) is 24.4. The average Bonchev–Trinajstić information content (AvgIpc) is 2.26. The first kappa shape index (κ1) is 13.0. The molecule has 0 radical (unpaired) electrons. The SMILES string of the molecule is CC(C)COC(=O)N(C)C1CCC(=O)CC1. The Hall–Kier alpha value is -1.06. The number of hydrogen-bond donors (Lipinski definition) is 0. The summed E-state index contributed by atoms with van der Waals surface area (Å²) in [5, 5.41) is 0. The first-order valence-corrected chi connectivity index (χ1v) is 5.92. The van der Waals surface area contributed by atoms with Gasteiger partial charge in [-0.1, -0.05) is 13.8 Å². The number of ether oxygens (including phenoxy) is 1. The van der Waals surface area contributed by atoms with Crippen LogP contribution in [0.1, 0.15) is 39.5 Å². The lowest BCUT2D eigenvalue weighted by Crippen LogP contribution is -2.40. The van der Waals surface area contributed by atoms with Gasteiger partial charge in [-0.2, -0.15) is 0 Å². The normalized spacial score (nSPS) is 17.6. The number of amides is 1. The molecule has 0 atom stereocenters. The third-order valence-electron chi connectivity index (χ3n) is 2.89. The van der Waals surface area contributed by atoms with Gasteiger partial charge < -0.3 is 9.64 Å². The Bertz CT molecular complexity index is 253. The highest BCUT2D eigenvalue weighted by Crippen LogP contribution is 2.19. The van der Waals surface area contributed by atoms with Gasteiger partial charge in [0.2, 0.25) is 0 Å². The molecule has 92 valence electrons. The molecule has 1 amide bonds. The van der Waals surface area contributed by atoms with E-state index >= 15 is 0 Å². The Morgan fingerprint density at radius 2 is 2.00 bits per heavy atom. The van der Waals surface area contributed by atoms with E-state index in [9.17, 15) is 9.59 Å². The first-order chi connectivity index (χ1) is 7.50. The molecule has 0 aromatic rings. The van der Waals surface area contributed by atoms with E-state index in [1.54, 1.807) is 11.9 Å². The number of ketones is 1. The van der Waals surface area contributed by atoms with Crippen molar-refractivity contribution in [1.29, 1.82) is 0 Å². The van der Waals surface area contributed by atoms with Crippen LogP contribution in [0.5, 0.6) is 0 Å². The minimum atomic E-state index is -0.270. The lowest BCUT2D eigenvalue weighted by Gasteiger charge is -2.30. The molecular weight excluding hydrogens is 206 g/mol. The Morgan fingerprint density at radius 3 is 2.50 bits per heavy atom. The zero-order valence-electron chi connectivity index (χ0n) is 10.4. The van der Waals surface area contributed by atoms with Crippen molar-refractivity contribution < 1.29 is 14.3 Å². The van der Waals surface area contributed by atoms with Crippen molar-refractivity contribution >= 4 is 11.9 Å². The maximum Gasteiger partial charge on any atom is 0.409 e. The summed E-state index contributed by atoms with van der Waals surface area (Å²) in [5.41, 5.74) is 0. The van der Waals surface area contributed by atoms with Gasteiger partial charge in [-0.3, -0.25) is 4.79 Å². The largest absolute Gasteiger partial charge is 0.449 e. The fourth-order valence-corrected chi connectivity index (χ4v) is 1.80. The summed E-state index contributed by atoms with van der Waals surface area (Å²) in [7, 11) is 1.75. The van der Waals surface area contributed by atoms with Crippen molar-refractivity contribution in [2.75, 3.05) is 13.7 Å². The Labute approximate surface area is 96.9 Å². The smallest absolute Gasteiger partial charge is 0.409 e. The standard InChI is InChI=1S/C12H21NO3/c1-9(2)8-16-12(15)13(3)10-4-6-11(14)7-5-10/h9-10H,4-8H2,1-3H3. The number of nitrogens with zero attached hydrogens (tertiary/aromatic N) is 1. The number of carbonyl (C=O) groups excluding carboxylic acids is 2. The fraction of sp³-hybridized carbons (Fsp3) is 0.833. The predicted molar refractivity (Wildman–Crippen MR) is 61.2 cm³/mol. The molecule has 1 saturated carbocycles. The van der Waals surface area contributed by atoms with Crippen molar-refractivity contribution in [3.63, 3.8) is 0 Å². The number of hydrogen-bond acceptors (Lipinski definition) is 3. The van der Waals surface area contributed by atoms with Gasteiger partial charge in [0.05, 0.1) is 6.61 Å². The topological polar surface area (TPSA) is 46.6 Å². The van der Waals surface area contributed by atoms with Crippen LogP contribution in [0, 0.1) is 5.92 Å². The Balaban J connectivity index is 2.35. The van der Waals surface area contributed by atoms with E-state index in [0.29, 0.717) is 31.1 Å². The second kappa shape index (κ2) is 5.87. The molecule has 0 saturated heterocycles. The molecule has 0 N–H and O–H groups in total. The van der Waals surface area contributed by atoms with Gasteiger partial charge in [-0.25, -0.2) is 4.79 Å². The van der Waals surface area contributed by atoms with E-state index in [4.69, 9.17) is 4.74 Å². The minimum absolute atomic E-state index is 0.164. The monoisotopic (exact) mass is 227 g/mol. The summed E-state index contributed by atoms with van der Waals surface area (Å²) < 4.78 is 5.15. The van der Waals surface area contributed by atoms with Gasteiger partial charge in [0.15, 0.2) is 0 Å². The Morgan fingerprint density at radius 1 is 1.44 bits per heavy atom. The van der Waals surface area contributed by atoms with Crippen LogP contribution in [0.3, 0.4) is 0 Å². The van der Waals surface area contributed by atoms with Crippen LogP contribution >= 0.6 is 0 Å². The number of carbonyl (C=O) groups is 2. The van der Waals surface area contributed by atoms with E-state index in [-0.39, 0.29) is 12.1 Å². The zero-order valence-corrected chi connectivity index (χ0v) is 10.4. The second-order valence-electron chi connectivity index (χ2n) is 4.85. The third-order valence-corrected chi connectivity index (χ3v) is 2.89. The lowest BCUT2D eigenvalue weighted by molar-refractivity contribution is -0.121. The van der Waals surface area contributed by atoms with Crippen molar-refractivity contribution in [2.45, 2.75) is 45.6 Å². The molecule has 0 unspecified atom stereocenters. The van der Waals surface area contributed by atoms with E-state index < -0.39 is 0 Å². The predicted octanol–water partition coefficient (Wildman–Crippen LogP) is 2.22. The molecule has 0 aromatic carbocycles. The third kappa shape index (κ3) is 3.83. The summed E-state index contributed by atoms with van der Waals surface area (Å²) in [6.45, 7) is 4.47. The van der Waals surface area contributed by atoms with Crippen molar-refractivity contribution in [3.8, 4) is 0 Å². The zero-order chi connectivity index (χ0) is 12.1. The molecule has 4 heteroatoms. The molecule has 1 fully saturated rings. The van der Waals surface area contributed by atoms with Crippen LogP contribution in [-0.2, 0) is 9.53 Å². The fourth-order valence-electron chi connectivity index (χ4n) is 1.80. The number of Topliss-reactive ketones (excluding diaryl/α,β-unsaturated/α-hetero) is 1. The molecule has 0 aromatic heterocycles. The minimum Gasteiger partial charge on any atom is -0.449 e. The van der Waals surface area contributed by atoms with Gasteiger partial charge in [0, 0.05) is 25.9 Å². The Kier molecular flexibility index (Phi) is 4.77. The summed E-state index contributed by atoms with van der Waals surface area (Å²) >= 11 is 0. The van der Waals surface area contributed by atoms with E-state index in [2.05, 4.69) is 0 Å². The average molecular weight is 227 g/mol. The van der Waals surface area contributed by atoms with Crippen molar-refractivity contribution in [3.05, 3.63) is 0 Å². The van der Waals surface area contributed by atoms with E-state index in [1.165, 1.54) is 0 Å². The molecule has 0 heterocycles. The van der Waals surface area contributed by atoms with Gasteiger partial charge in [-0.05, 0) is 18.8 Å². The van der Waals surface area contributed by atoms with Crippen LogP contribution in [0.25, 0.3) is 0 Å². The highest BCUT2D eigenvalue weighted by Gasteiger charge is 2.25. The van der Waals surface area contributed by atoms with Gasteiger partial charge >= 0.3 is 6.09 Å². The van der Waals surface area contributed by atoms with Crippen molar-refractivity contribution in [1.82, 2.24) is 4.90 Å². The van der Waals surface area contributed by atoms with Crippen molar-refractivity contribution in [2.24, 2.45) is 5.92 Å². The summed E-state index contributed by atoms with van der Waals surface area (Å²) in [5.74, 6) is 0.658. The van der Waals surface area contributed by atoms with Crippen LogP contribution in [0.15, 0.2) is 0 Å². The highest BCUT2D eigenvalue weighted by atomic mass is 16.6. The van der Waals surface area contributed by atoms with Crippen LogP contribution in [0.4, 0.5) is 4.79 Å². The molecule has 16 heavy (non-hydrogen) atoms. The van der Waals surface area contributed by atoms with E-state index in [0.717, 1.165) is 12.8 Å². The molecule has 1 rings (SSSR count).